The van der Waals surface area contributed by atoms with Gasteiger partial charge in [-0.1, -0.05) is 6.07 Å². The average Bonchev–Trinajstić information content (AvgIpc) is 2.55. The second-order valence-corrected chi connectivity index (χ2v) is 6.57. The van der Waals surface area contributed by atoms with Gasteiger partial charge in [0.1, 0.15) is 5.78 Å². The van der Waals surface area contributed by atoms with Crippen molar-refractivity contribution in [2.75, 3.05) is 27.8 Å². The molecule has 3 rings (SSSR count). The largest absolute Gasteiger partial charge is 0.493 e. The van der Waals surface area contributed by atoms with Gasteiger partial charge in [-0.3, -0.25) is 4.79 Å². The summed E-state index contributed by atoms with van der Waals surface area (Å²) >= 11 is 0. The number of nitrogens with zero attached hydrogens (tertiary/aromatic N) is 1. The molecule has 4 heteroatoms. The lowest BCUT2D eigenvalue weighted by Gasteiger charge is -2.51. The number of carbonyl (C=O) groups excluding carboxylic acids is 1. The Kier molecular flexibility index (Phi) is 4.13. The second-order valence-electron chi connectivity index (χ2n) is 6.57. The quantitative estimate of drug-likeness (QED) is 0.861. The summed E-state index contributed by atoms with van der Waals surface area (Å²) in [5.74, 6) is 1.93. The van der Waals surface area contributed by atoms with E-state index in [-0.39, 0.29) is 5.41 Å². The molecule has 1 heterocycles. The molecule has 2 fully saturated rings. The van der Waals surface area contributed by atoms with Crippen LogP contribution in [0.5, 0.6) is 11.5 Å². The normalized spacial score (nSPS) is 29.0. The maximum Gasteiger partial charge on any atom is 0.161 e. The summed E-state index contributed by atoms with van der Waals surface area (Å²) < 4.78 is 10.8. The average molecular weight is 303 g/mol. The van der Waals surface area contributed by atoms with E-state index < -0.39 is 0 Å². The highest BCUT2D eigenvalue weighted by atomic mass is 16.5. The Morgan fingerprint density at radius 3 is 2.68 bits per heavy atom. The molecule has 0 radical (unpaired) electrons. The predicted molar refractivity (Wildman–Crippen MR) is 85.7 cm³/mol. The van der Waals surface area contributed by atoms with Gasteiger partial charge in [-0.25, -0.2) is 0 Å². The Morgan fingerprint density at radius 1 is 1.18 bits per heavy atom. The summed E-state index contributed by atoms with van der Waals surface area (Å²) in [4.78, 5) is 14.4. The van der Waals surface area contributed by atoms with Gasteiger partial charge >= 0.3 is 0 Å². The molecule has 2 aliphatic rings. The van der Waals surface area contributed by atoms with Gasteiger partial charge in [0.25, 0.3) is 0 Å². The molecule has 4 nitrogen and oxygen atoms in total. The highest BCUT2D eigenvalue weighted by Gasteiger charge is 2.48. The highest BCUT2D eigenvalue weighted by molar-refractivity contribution is 5.80. The van der Waals surface area contributed by atoms with Gasteiger partial charge in [0.15, 0.2) is 11.5 Å². The zero-order valence-electron chi connectivity index (χ0n) is 13.7. The Morgan fingerprint density at radius 2 is 1.95 bits per heavy atom. The summed E-state index contributed by atoms with van der Waals surface area (Å²) in [5, 5.41) is 0. The van der Waals surface area contributed by atoms with Crippen molar-refractivity contribution in [3.8, 4) is 11.5 Å². The number of piperidine rings is 1. The van der Waals surface area contributed by atoms with Crippen molar-refractivity contribution in [2.45, 2.75) is 43.6 Å². The van der Waals surface area contributed by atoms with E-state index in [9.17, 15) is 4.79 Å². The number of likely N-dealkylation sites (tertiary alicyclic amines) is 1. The van der Waals surface area contributed by atoms with E-state index >= 15 is 0 Å². The second kappa shape index (κ2) is 5.92. The third-order valence-corrected chi connectivity index (χ3v) is 5.53. The molecule has 1 saturated carbocycles. The fourth-order valence-electron chi connectivity index (χ4n) is 4.34. The van der Waals surface area contributed by atoms with Gasteiger partial charge in [-0.2, -0.15) is 0 Å². The number of fused-ring (bicyclic) bond motifs is 1. The zero-order chi connectivity index (χ0) is 15.7. The van der Waals surface area contributed by atoms with Crippen LogP contribution in [0.2, 0.25) is 0 Å². The van der Waals surface area contributed by atoms with E-state index in [1.807, 2.05) is 6.07 Å². The minimum Gasteiger partial charge on any atom is -0.493 e. The van der Waals surface area contributed by atoms with Gasteiger partial charge < -0.3 is 14.4 Å². The number of likely N-dealkylation sites (N-methyl/N-ethyl adjacent to an activating group) is 1. The van der Waals surface area contributed by atoms with E-state index in [0.29, 0.717) is 24.7 Å². The Labute approximate surface area is 132 Å². The molecule has 1 aromatic carbocycles. The predicted octanol–water partition coefficient (Wildman–Crippen LogP) is 2.79. The molecular formula is C18H25NO3. The number of rotatable bonds is 3. The third-order valence-electron chi connectivity index (χ3n) is 5.53. The topological polar surface area (TPSA) is 38.8 Å². The Hall–Kier alpha value is -1.55. The summed E-state index contributed by atoms with van der Waals surface area (Å²) in [5.41, 5.74) is 1.36. The van der Waals surface area contributed by atoms with Crippen molar-refractivity contribution in [3.05, 3.63) is 23.8 Å². The molecule has 1 aliphatic heterocycles. The number of methoxy groups -OCH3 is 2. The molecule has 120 valence electrons. The number of benzene rings is 1. The van der Waals surface area contributed by atoms with Crippen LogP contribution >= 0.6 is 0 Å². The number of Topliss-reactive ketones (excluding diaryl/α,β-unsaturated/α-hetero) is 1. The van der Waals surface area contributed by atoms with E-state index in [4.69, 9.17) is 9.47 Å². The number of carbonyl (C=O) groups is 1. The first-order chi connectivity index (χ1) is 10.6. The van der Waals surface area contributed by atoms with Crippen molar-refractivity contribution >= 4 is 5.78 Å². The molecule has 2 unspecified atom stereocenters. The van der Waals surface area contributed by atoms with Crippen LogP contribution in [0, 0.1) is 0 Å². The molecule has 2 atom stereocenters. The lowest BCUT2D eigenvalue weighted by Crippen LogP contribution is -2.56. The van der Waals surface area contributed by atoms with Crippen molar-refractivity contribution in [1.29, 1.82) is 0 Å². The van der Waals surface area contributed by atoms with E-state index in [2.05, 4.69) is 24.1 Å². The molecule has 0 spiro atoms. The summed E-state index contributed by atoms with van der Waals surface area (Å²) in [6.45, 7) is 1.08. The number of hydrogen-bond acceptors (Lipinski definition) is 4. The molecule has 0 bridgehead atoms. The van der Waals surface area contributed by atoms with E-state index in [0.717, 1.165) is 30.9 Å². The van der Waals surface area contributed by atoms with Crippen molar-refractivity contribution < 1.29 is 14.3 Å². The van der Waals surface area contributed by atoms with Crippen LogP contribution in [-0.2, 0) is 10.2 Å². The lowest BCUT2D eigenvalue weighted by atomic mass is 9.61. The number of ketones is 1. The molecule has 1 aliphatic carbocycles. The van der Waals surface area contributed by atoms with Gasteiger partial charge in [-0.05, 0) is 50.6 Å². The lowest BCUT2D eigenvalue weighted by molar-refractivity contribution is -0.125. The van der Waals surface area contributed by atoms with E-state index in [1.54, 1.807) is 14.2 Å². The SMILES string of the molecule is COc1ccc(C23CCCN(C)C2CC(=O)CC3)cc1OC. The van der Waals surface area contributed by atoms with Crippen LogP contribution in [0.25, 0.3) is 0 Å². The number of hydrogen-bond donors (Lipinski definition) is 0. The molecule has 0 N–H and O–H groups in total. The first-order valence-electron chi connectivity index (χ1n) is 8.05. The van der Waals surface area contributed by atoms with Crippen LogP contribution in [-0.4, -0.2) is 44.5 Å². The van der Waals surface area contributed by atoms with Gasteiger partial charge in [-0.15, -0.1) is 0 Å². The zero-order valence-corrected chi connectivity index (χ0v) is 13.7. The smallest absolute Gasteiger partial charge is 0.161 e. The van der Waals surface area contributed by atoms with Crippen LogP contribution in [0.3, 0.4) is 0 Å². The van der Waals surface area contributed by atoms with Crippen LogP contribution in [0.15, 0.2) is 18.2 Å². The fraction of sp³-hybridized carbons (Fsp3) is 0.611. The van der Waals surface area contributed by atoms with Gasteiger partial charge in [0.2, 0.25) is 0 Å². The van der Waals surface area contributed by atoms with Crippen molar-refractivity contribution in [1.82, 2.24) is 4.90 Å². The molecule has 0 aromatic heterocycles. The molecule has 0 amide bonds. The summed E-state index contributed by atoms with van der Waals surface area (Å²) in [6, 6.07) is 6.57. The van der Waals surface area contributed by atoms with Gasteiger partial charge in [0.05, 0.1) is 14.2 Å². The maximum atomic E-state index is 12.0. The first kappa shape index (κ1) is 15.3. The maximum absolute atomic E-state index is 12.0. The minimum absolute atomic E-state index is 0.0699. The molecule has 1 aromatic rings. The Balaban J connectivity index is 2.04. The molecule has 1 saturated heterocycles. The summed E-state index contributed by atoms with van der Waals surface area (Å²) in [7, 11) is 5.48. The molecule has 22 heavy (non-hydrogen) atoms. The highest BCUT2D eigenvalue weighted by Crippen LogP contribution is 2.48. The Bertz CT molecular complexity index is 571. The minimum atomic E-state index is 0.0699. The van der Waals surface area contributed by atoms with Crippen LogP contribution in [0.4, 0.5) is 0 Å². The monoisotopic (exact) mass is 303 g/mol. The standard InChI is InChI=1S/C18H25NO3/c1-19-10-4-8-18(9-7-14(20)12-17(18)19)13-5-6-15(21-2)16(11-13)22-3/h5-6,11,17H,4,7-10,12H2,1-3H3. The van der Waals surface area contributed by atoms with Gasteiger partial charge in [0, 0.05) is 24.3 Å². The first-order valence-corrected chi connectivity index (χ1v) is 8.05. The fourth-order valence-corrected chi connectivity index (χ4v) is 4.34. The third kappa shape index (κ3) is 2.39. The number of ether oxygens (including phenoxy) is 2. The van der Waals surface area contributed by atoms with Crippen molar-refractivity contribution in [3.63, 3.8) is 0 Å². The van der Waals surface area contributed by atoms with Crippen LogP contribution < -0.4 is 9.47 Å². The summed E-state index contributed by atoms with van der Waals surface area (Å²) in [6.07, 6.45) is 4.63. The van der Waals surface area contributed by atoms with E-state index in [1.165, 1.54) is 12.0 Å². The molecular weight excluding hydrogens is 278 g/mol. The van der Waals surface area contributed by atoms with Crippen LogP contribution in [0.1, 0.15) is 37.7 Å². The van der Waals surface area contributed by atoms with Crippen molar-refractivity contribution in [2.24, 2.45) is 0 Å².